The van der Waals surface area contributed by atoms with Crippen LogP contribution in [0.4, 0.5) is 0 Å². The molecular weight excluding hydrogens is 212 g/mol. The highest BCUT2D eigenvalue weighted by Crippen LogP contribution is 2.17. The van der Waals surface area contributed by atoms with Crippen LogP contribution in [0.1, 0.15) is 25.8 Å². The van der Waals surface area contributed by atoms with Crippen LogP contribution in [-0.4, -0.2) is 40.4 Å². The molecule has 0 spiro atoms. The quantitative estimate of drug-likeness (QED) is 0.835. The molecule has 1 aliphatic heterocycles. The summed E-state index contributed by atoms with van der Waals surface area (Å²) in [7, 11) is 1.96. The highest BCUT2D eigenvalue weighted by atomic mass is 15.2. The van der Waals surface area contributed by atoms with Crippen molar-refractivity contribution in [2.45, 2.75) is 32.9 Å². The van der Waals surface area contributed by atoms with Crippen LogP contribution in [-0.2, 0) is 13.6 Å². The van der Waals surface area contributed by atoms with E-state index in [1.807, 2.05) is 17.9 Å². The molecule has 0 saturated carbocycles. The Morgan fingerprint density at radius 3 is 2.94 bits per heavy atom. The predicted octanol–water partition coefficient (Wildman–Crippen LogP) is 1.24. The van der Waals surface area contributed by atoms with E-state index in [0.717, 1.165) is 19.0 Å². The summed E-state index contributed by atoms with van der Waals surface area (Å²) in [4.78, 5) is 2.57. The summed E-state index contributed by atoms with van der Waals surface area (Å²) in [5, 5.41) is 7.71. The molecule has 2 heterocycles. The molecule has 4 heteroatoms. The van der Waals surface area contributed by atoms with Gasteiger partial charge in [-0.2, -0.15) is 5.10 Å². The molecule has 1 fully saturated rings. The van der Waals surface area contributed by atoms with Gasteiger partial charge in [0.2, 0.25) is 0 Å². The van der Waals surface area contributed by atoms with Crippen LogP contribution in [0.2, 0.25) is 0 Å². The average Bonchev–Trinajstić information content (AvgIpc) is 2.88. The molecule has 1 unspecified atom stereocenters. The van der Waals surface area contributed by atoms with Crippen molar-refractivity contribution in [2.24, 2.45) is 13.0 Å². The summed E-state index contributed by atoms with van der Waals surface area (Å²) in [6, 6.07) is 0.693. The van der Waals surface area contributed by atoms with Gasteiger partial charge in [0.05, 0.1) is 6.20 Å². The van der Waals surface area contributed by atoms with Gasteiger partial charge in [-0.15, -0.1) is 0 Å². The highest BCUT2D eigenvalue weighted by molar-refractivity contribution is 5.02. The van der Waals surface area contributed by atoms with Crippen LogP contribution in [0.3, 0.4) is 0 Å². The number of likely N-dealkylation sites (tertiary alicyclic amines) is 1. The normalized spacial score (nSPS) is 21.5. The molecule has 1 aromatic rings. The van der Waals surface area contributed by atoms with Crippen molar-refractivity contribution < 1.29 is 0 Å². The Bertz CT molecular complexity index is 345. The molecule has 2 rings (SSSR count). The first-order chi connectivity index (χ1) is 8.15. The van der Waals surface area contributed by atoms with Crippen molar-refractivity contribution in [3.63, 3.8) is 0 Å². The SMILES string of the molecule is CC(C)N1CCC(CNCc2cnn(C)c2)C1. The topological polar surface area (TPSA) is 33.1 Å². The fourth-order valence-corrected chi connectivity index (χ4v) is 2.48. The van der Waals surface area contributed by atoms with E-state index < -0.39 is 0 Å². The molecule has 0 radical (unpaired) electrons. The van der Waals surface area contributed by atoms with Gasteiger partial charge < -0.3 is 10.2 Å². The van der Waals surface area contributed by atoms with Crippen molar-refractivity contribution in [1.29, 1.82) is 0 Å². The fraction of sp³-hybridized carbons (Fsp3) is 0.769. The van der Waals surface area contributed by atoms with Crippen LogP contribution in [0.25, 0.3) is 0 Å². The number of nitrogens with one attached hydrogen (secondary N) is 1. The minimum Gasteiger partial charge on any atom is -0.312 e. The molecule has 0 bridgehead atoms. The molecule has 96 valence electrons. The molecule has 0 aliphatic carbocycles. The van der Waals surface area contributed by atoms with Gasteiger partial charge in [0.1, 0.15) is 0 Å². The van der Waals surface area contributed by atoms with Crippen molar-refractivity contribution in [2.75, 3.05) is 19.6 Å². The van der Waals surface area contributed by atoms with Crippen molar-refractivity contribution in [3.8, 4) is 0 Å². The number of rotatable bonds is 5. The summed E-state index contributed by atoms with van der Waals surface area (Å²) < 4.78 is 1.85. The molecule has 1 aromatic heterocycles. The average molecular weight is 236 g/mol. The first-order valence-electron chi connectivity index (χ1n) is 6.57. The van der Waals surface area contributed by atoms with Crippen LogP contribution < -0.4 is 5.32 Å². The highest BCUT2D eigenvalue weighted by Gasteiger charge is 2.23. The molecular formula is C13H24N4. The second kappa shape index (κ2) is 5.65. The second-order valence-electron chi connectivity index (χ2n) is 5.40. The number of hydrogen-bond acceptors (Lipinski definition) is 3. The smallest absolute Gasteiger partial charge is 0.0534 e. The molecule has 4 nitrogen and oxygen atoms in total. The van der Waals surface area contributed by atoms with Crippen LogP contribution in [0.15, 0.2) is 12.4 Å². The third kappa shape index (κ3) is 3.54. The minimum atomic E-state index is 0.693. The predicted molar refractivity (Wildman–Crippen MR) is 69.7 cm³/mol. The van der Waals surface area contributed by atoms with Gasteiger partial charge in [0.15, 0.2) is 0 Å². The van der Waals surface area contributed by atoms with E-state index >= 15 is 0 Å². The van der Waals surface area contributed by atoms with E-state index in [0.29, 0.717) is 6.04 Å². The summed E-state index contributed by atoms with van der Waals surface area (Å²) in [6.45, 7) is 9.13. The Balaban J connectivity index is 1.66. The zero-order chi connectivity index (χ0) is 12.3. The van der Waals surface area contributed by atoms with Crippen molar-refractivity contribution in [3.05, 3.63) is 18.0 Å². The van der Waals surface area contributed by atoms with E-state index in [4.69, 9.17) is 0 Å². The second-order valence-corrected chi connectivity index (χ2v) is 5.40. The Labute approximate surface area is 104 Å². The van der Waals surface area contributed by atoms with E-state index in [2.05, 4.69) is 35.4 Å². The van der Waals surface area contributed by atoms with Crippen molar-refractivity contribution in [1.82, 2.24) is 20.0 Å². The third-order valence-corrected chi connectivity index (χ3v) is 3.57. The summed E-state index contributed by atoms with van der Waals surface area (Å²) in [5.41, 5.74) is 1.27. The van der Waals surface area contributed by atoms with Gasteiger partial charge in [0.25, 0.3) is 0 Å². The largest absolute Gasteiger partial charge is 0.312 e. The Morgan fingerprint density at radius 2 is 2.35 bits per heavy atom. The molecule has 1 aliphatic rings. The van der Waals surface area contributed by atoms with Crippen LogP contribution in [0.5, 0.6) is 0 Å². The van der Waals surface area contributed by atoms with E-state index in [-0.39, 0.29) is 0 Å². The number of aromatic nitrogens is 2. The van der Waals surface area contributed by atoms with Crippen molar-refractivity contribution >= 4 is 0 Å². The molecule has 1 N–H and O–H groups in total. The summed E-state index contributed by atoms with van der Waals surface area (Å²) in [5.74, 6) is 0.814. The summed E-state index contributed by atoms with van der Waals surface area (Å²) >= 11 is 0. The summed E-state index contributed by atoms with van der Waals surface area (Å²) in [6.07, 6.45) is 5.34. The van der Waals surface area contributed by atoms with Crippen LogP contribution in [0, 0.1) is 5.92 Å². The van der Waals surface area contributed by atoms with Crippen LogP contribution >= 0.6 is 0 Å². The maximum atomic E-state index is 4.17. The zero-order valence-corrected chi connectivity index (χ0v) is 11.2. The first-order valence-corrected chi connectivity index (χ1v) is 6.57. The number of nitrogens with zero attached hydrogens (tertiary/aromatic N) is 3. The lowest BCUT2D eigenvalue weighted by molar-refractivity contribution is 0.264. The number of aryl methyl sites for hydroxylation is 1. The van der Waals surface area contributed by atoms with Gasteiger partial charge in [-0.25, -0.2) is 0 Å². The van der Waals surface area contributed by atoms with E-state index in [1.165, 1.54) is 25.1 Å². The Hall–Kier alpha value is -0.870. The standard InChI is InChI=1S/C13H24N4/c1-11(2)17-5-4-12(10-17)6-14-7-13-8-15-16(3)9-13/h8-9,11-12,14H,4-7,10H2,1-3H3. The maximum Gasteiger partial charge on any atom is 0.0534 e. The lowest BCUT2D eigenvalue weighted by Crippen LogP contribution is -2.30. The molecule has 1 atom stereocenters. The van der Waals surface area contributed by atoms with E-state index in [1.54, 1.807) is 0 Å². The molecule has 0 amide bonds. The number of hydrogen-bond donors (Lipinski definition) is 1. The zero-order valence-electron chi connectivity index (χ0n) is 11.2. The van der Waals surface area contributed by atoms with Gasteiger partial charge in [-0.05, 0) is 39.3 Å². The molecule has 17 heavy (non-hydrogen) atoms. The van der Waals surface area contributed by atoms with Gasteiger partial charge in [-0.1, -0.05) is 0 Å². The Kier molecular flexibility index (Phi) is 4.18. The third-order valence-electron chi connectivity index (χ3n) is 3.57. The monoisotopic (exact) mass is 236 g/mol. The van der Waals surface area contributed by atoms with Gasteiger partial charge in [-0.3, -0.25) is 4.68 Å². The molecule has 1 saturated heterocycles. The minimum absolute atomic E-state index is 0.693. The van der Waals surface area contributed by atoms with Gasteiger partial charge >= 0.3 is 0 Å². The van der Waals surface area contributed by atoms with Gasteiger partial charge in [0, 0.05) is 37.9 Å². The fourth-order valence-electron chi connectivity index (χ4n) is 2.48. The maximum absolute atomic E-state index is 4.17. The Morgan fingerprint density at radius 1 is 1.53 bits per heavy atom. The molecule has 0 aromatic carbocycles. The lowest BCUT2D eigenvalue weighted by atomic mass is 10.1. The lowest BCUT2D eigenvalue weighted by Gasteiger charge is -2.20. The first kappa shape index (κ1) is 12.6. The van der Waals surface area contributed by atoms with E-state index in [9.17, 15) is 0 Å².